The van der Waals surface area contributed by atoms with Crippen molar-refractivity contribution in [2.24, 2.45) is 5.92 Å². The summed E-state index contributed by atoms with van der Waals surface area (Å²) >= 11 is 12.4. The number of carbonyl (C=O) groups excluding carboxylic acids is 2. The molecular weight excluding hydrogens is 597 g/mol. The maximum absolute atomic E-state index is 14.1. The van der Waals surface area contributed by atoms with Gasteiger partial charge in [0, 0.05) is 13.1 Å². The van der Waals surface area contributed by atoms with Crippen molar-refractivity contribution in [3.8, 4) is 5.75 Å². The van der Waals surface area contributed by atoms with E-state index >= 15 is 0 Å². The molecule has 1 atom stereocenters. The highest BCUT2D eigenvalue weighted by atomic mass is 35.5. The molecule has 0 aliphatic heterocycles. The molecule has 2 amide bonds. The van der Waals surface area contributed by atoms with Gasteiger partial charge in [0.2, 0.25) is 11.8 Å². The molecule has 3 rings (SSSR count). The van der Waals surface area contributed by atoms with Gasteiger partial charge in [-0.2, -0.15) is 0 Å². The topological polar surface area (TPSA) is 96.0 Å². The van der Waals surface area contributed by atoms with Gasteiger partial charge in [-0.1, -0.05) is 68.2 Å². The molecule has 0 aliphatic carbocycles. The molecule has 11 heteroatoms. The van der Waals surface area contributed by atoms with Crippen molar-refractivity contribution in [3.05, 3.63) is 88.4 Å². The molecule has 8 nitrogen and oxygen atoms in total. The fraction of sp³-hybridized carbons (Fsp3) is 0.355. The van der Waals surface area contributed by atoms with Gasteiger partial charge >= 0.3 is 0 Å². The molecule has 0 heterocycles. The summed E-state index contributed by atoms with van der Waals surface area (Å²) in [6.07, 6.45) is 0.311. The molecule has 0 unspecified atom stereocenters. The Morgan fingerprint density at radius 2 is 1.60 bits per heavy atom. The van der Waals surface area contributed by atoms with E-state index in [1.165, 1.54) is 17.0 Å². The normalized spacial score (nSPS) is 12.1. The summed E-state index contributed by atoms with van der Waals surface area (Å²) in [6.45, 7) is 7.97. The minimum absolute atomic E-state index is 0.0197. The largest absolute Gasteiger partial charge is 0.494 e. The zero-order valence-corrected chi connectivity index (χ0v) is 26.5. The average molecular weight is 635 g/mol. The minimum Gasteiger partial charge on any atom is -0.494 e. The number of hydrogen-bond acceptors (Lipinski definition) is 5. The van der Waals surface area contributed by atoms with E-state index in [0.29, 0.717) is 40.9 Å². The number of amides is 2. The van der Waals surface area contributed by atoms with Crippen LogP contribution in [0.2, 0.25) is 10.0 Å². The van der Waals surface area contributed by atoms with Crippen LogP contribution in [-0.2, 0) is 26.2 Å². The van der Waals surface area contributed by atoms with Crippen LogP contribution in [0.25, 0.3) is 0 Å². The van der Waals surface area contributed by atoms with Crippen molar-refractivity contribution >= 4 is 50.7 Å². The van der Waals surface area contributed by atoms with E-state index in [1.54, 1.807) is 67.6 Å². The van der Waals surface area contributed by atoms with Crippen molar-refractivity contribution in [1.29, 1.82) is 0 Å². The predicted molar refractivity (Wildman–Crippen MR) is 168 cm³/mol. The highest BCUT2D eigenvalue weighted by molar-refractivity contribution is 7.92. The van der Waals surface area contributed by atoms with Gasteiger partial charge in [0.15, 0.2) is 0 Å². The predicted octanol–water partition coefficient (Wildman–Crippen LogP) is 6.17. The van der Waals surface area contributed by atoms with Crippen LogP contribution in [0.3, 0.4) is 0 Å². The number of rotatable bonds is 14. The molecule has 42 heavy (non-hydrogen) atoms. The highest BCUT2D eigenvalue weighted by Crippen LogP contribution is 2.28. The zero-order valence-electron chi connectivity index (χ0n) is 24.2. The summed E-state index contributed by atoms with van der Waals surface area (Å²) in [6, 6.07) is 18.5. The van der Waals surface area contributed by atoms with Crippen LogP contribution in [-0.4, -0.2) is 50.9 Å². The SMILES string of the molecule is CCOc1ccc(N(CC(=O)N(Cc2ccc(Cl)c(Cl)c2)[C@@H](CC)C(=O)NCC(C)C)S(=O)(=O)c2ccccc2)cc1. The van der Waals surface area contributed by atoms with E-state index in [1.807, 2.05) is 20.8 Å². The Morgan fingerprint density at radius 3 is 2.17 bits per heavy atom. The van der Waals surface area contributed by atoms with Crippen molar-refractivity contribution in [3.63, 3.8) is 0 Å². The monoisotopic (exact) mass is 633 g/mol. The van der Waals surface area contributed by atoms with Crippen molar-refractivity contribution in [2.45, 2.75) is 51.6 Å². The number of nitrogens with one attached hydrogen (secondary N) is 1. The Kier molecular flexibility index (Phi) is 12.1. The molecule has 0 aromatic heterocycles. The zero-order chi connectivity index (χ0) is 30.9. The van der Waals surface area contributed by atoms with E-state index in [2.05, 4.69) is 5.32 Å². The number of ether oxygens (including phenoxy) is 1. The lowest BCUT2D eigenvalue weighted by atomic mass is 10.1. The third-order valence-electron chi connectivity index (χ3n) is 6.45. The Bertz CT molecular complexity index is 1450. The summed E-state index contributed by atoms with van der Waals surface area (Å²) in [5.41, 5.74) is 0.925. The van der Waals surface area contributed by atoms with E-state index in [0.717, 1.165) is 4.31 Å². The van der Waals surface area contributed by atoms with Gasteiger partial charge in [-0.15, -0.1) is 0 Å². The molecule has 0 radical (unpaired) electrons. The lowest BCUT2D eigenvalue weighted by molar-refractivity contribution is -0.140. The average Bonchev–Trinajstić information content (AvgIpc) is 2.97. The van der Waals surface area contributed by atoms with Crippen molar-refractivity contribution in [1.82, 2.24) is 10.2 Å². The molecule has 0 fully saturated rings. The van der Waals surface area contributed by atoms with Crippen LogP contribution in [0.5, 0.6) is 5.75 Å². The van der Waals surface area contributed by atoms with Crippen LogP contribution < -0.4 is 14.4 Å². The van der Waals surface area contributed by atoms with Gasteiger partial charge in [0.25, 0.3) is 10.0 Å². The summed E-state index contributed by atoms with van der Waals surface area (Å²) in [7, 11) is -4.16. The molecule has 0 saturated carbocycles. The van der Waals surface area contributed by atoms with Gasteiger partial charge in [0.1, 0.15) is 18.3 Å². The summed E-state index contributed by atoms with van der Waals surface area (Å²) in [4.78, 5) is 28.9. The second-order valence-electron chi connectivity index (χ2n) is 10.1. The third kappa shape index (κ3) is 8.63. The van der Waals surface area contributed by atoms with Gasteiger partial charge in [-0.3, -0.25) is 13.9 Å². The van der Waals surface area contributed by atoms with Gasteiger partial charge < -0.3 is 15.0 Å². The Morgan fingerprint density at radius 1 is 0.929 bits per heavy atom. The smallest absolute Gasteiger partial charge is 0.264 e. The molecule has 1 N–H and O–H groups in total. The lowest BCUT2D eigenvalue weighted by Gasteiger charge is -2.33. The molecule has 3 aromatic carbocycles. The number of hydrogen-bond donors (Lipinski definition) is 1. The van der Waals surface area contributed by atoms with Crippen LogP contribution >= 0.6 is 23.2 Å². The van der Waals surface area contributed by atoms with Crippen LogP contribution in [0, 0.1) is 5.92 Å². The third-order valence-corrected chi connectivity index (χ3v) is 8.98. The maximum atomic E-state index is 14.1. The molecular formula is C31H37Cl2N3O5S. The number of nitrogens with zero attached hydrogens (tertiary/aromatic N) is 2. The number of anilines is 1. The van der Waals surface area contributed by atoms with Crippen LogP contribution in [0.15, 0.2) is 77.7 Å². The molecule has 0 bridgehead atoms. The lowest BCUT2D eigenvalue weighted by Crippen LogP contribution is -2.52. The van der Waals surface area contributed by atoms with Crippen molar-refractivity contribution in [2.75, 3.05) is 24.0 Å². The number of halogens is 2. The van der Waals surface area contributed by atoms with Gasteiger partial charge in [-0.05, 0) is 73.4 Å². The van der Waals surface area contributed by atoms with Crippen LogP contribution in [0.1, 0.15) is 39.7 Å². The summed E-state index contributed by atoms with van der Waals surface area (Å²) < 4.78 is 34.4. The first kappa shape index (κ1) is 33.2. The van der Waals surface area contributed by atoms with E-state index < -0.39 is 28.5 Å². The summed E-state index contributed by atoms with van der Waals surface area (Å²) in [5.74, 6) is -0.102. The van der Waals surface area contributed by atoms with Gasteiger partial charge in [-0.25, -0.2) is 8.42 Å². The Labute approximate surface area is 258 Å². The number of sulfonamides is 1. The van der Waals surface area contributed by atoms with Gasteiger partial charge in [0.05, 0.1) is 27.2 Å². The second-order valence-corrected chi connectivity index (χ2v) is 12.8. The minimum atomic E-state index is -4.16. The Balaban J connectivity index is 2.05. The Hall–Kier alpha value is -3.27. The first-order valence-corrected chi connectivity index (χ1v) is 16.0. The maximum Gasteiger partial charge on any atom is 0.264 e. The molecule has 0 spiro atoms. The van der Waals surface area contributed by atoms with Crippen LogP contribution in [0.4, 0.5) is 5.69 Å². The quantitative estimate of drug-likeness (QED) is 0.229. The molecule has 226 valence electrons. The summed E-state index contributed by atoms with van der Waals surface area (Å²) in [5, 5.41) is 3.57. The van der Waals surface area contributed by atoms with E-state index in [4.69, 9.17) is 27.9 Å². The number of carbonyl (C=O) groups is 2. The standard InChI is InChI=1S/C31H37Cl2N3O5S/c1-5-29(31(38)34-19-22(3)4)35(20-23-12-17-27(32)28(33)18-23)30(37)21-36(24-13-15-25(16-14-24)41-6-2)42(39,40)26-10-8-7-9-11-26/h7-18,22,29H,5-6,19-21H2,1-4H3,(H,34,38)/t29-/m0/s1. The molecule has 0 aliphatic rings. The van der Waals surface area contributed by atoms with Crippen molar-refractivity contribution < 1.29 is 22.7 Å². The van der Waals surface area contributed by atoms with E-state index in [-0.39, 0.29) is 29.0 Å². The van der Waals surface area contributed by atoms with E-state index in [9.17, 15) is 18.0 Å². The molecule has 0 saturated heterocycles. The first-order chi connectivity index (χ1) is 20.0. The number of benzene rings is 3. The molecule has 3 aromatic rings. The first-order valence-electron chi connectivity index (χ1n) is 13.8. The highest BCUT2D eigenvalue weighted by Gasteiger charge is 2.33. The fourth-order valence-electron chi connectivity index (χ4n) is 4.30. The fourth-order valence-corrected chi connectivity index (χ4v) is 6.06. The second kappa shape index (κ2) is 15.3.